The fraction of sp³-hybridized carbons (Fsp3) is 0.941. The van der Waals surface area contributed by atoms with Gasteiger partial charge in [-0.05, 0) is 39.5 Å². The van der Waals surface area contributed by atoms with Crippen LogP contribution in [0, 0.1) is 11.3 Å². The monoisotopic (exact) mass is 358 g/mol. The van der Waals surface area contributed by atoms with E-state index in [1.54, 1.807) is 0 Å². The largest absolute Gasteiger partial charge is 0.356 e. The van der Waals surface area contributed by atoms with Crippen LogP contribution in [0.15, 0.2) is 4.99 Å². The zero-order valence-electron chi connectivity index (χ0n) is 15.9. The van der Waals surface area contributed by atoms with Gasteiger partial charge in [0.15, 0.2) is 5.96 Å². The Bertz CT molecular complexity index is 565. The number of nitrogens with one attached hydrogen (secondary N) is 2. The number of rotatable bonds is 7. The number of hydrogen-bond acceptors (Lipinski definition) is 3. The van der Waals surface area contributed by atoms with Crippen LogP contribution in [0.2, 0.25) is 0 Å². The first-order valence-corrected chi connectivity index (χ1v) is 10.8. The first-order valence-electron chi connectivity index (χ1n) is 9.12. The quantitative estimate of drug-likeness (QED) is 0.537. The van der Waals surface area contributed by atoms with Gasteiger partial charge in [0.05, 0.1) is 12.3 Å². The van der Waals surface area contributed by atoms with E-state index >= 15 is 0 Å². The van der Waals surface area contributed by atoms with Gasteiger partial charge in [-0.1, -0.05) is 20.3 Å². The molecule has 24 heavy (non-hydrogen) atoms. The number of aliphatic imine (C=N–C) groups is 1. The van der Waals surface area contributed by atoms with Crippen LogP contribution in [0.5, 0.6) is 0 Å². The van der Waals surface area contributed by atoms with Crippen molar-refractivity contribution in [2.75, 3.05) is 31.9 Å². The second kappa shape index (κ2) is 7.20. The fourth-order valence-corrected chi connectivity index (χ4v) is 4.05. The van der Waals surface area contributed by atoms with Gasteiger partial charge in [0.2, 0.25) is 10.0 Å². The van der Waals surface area contributed by atoms with E-state index in [-0.39, 0.29) is 23.3 Å². The summed E-state index contributed by atoms with van der Waals surface area (Å²) in [5.41, 5.74) is 0.231. The number of guanidine groups is 1. The van der Waals surface area contributed by atoms with Crippen molar-refractivity contribution >= 4 is 16.0 Å². The van der Waals surface area contributed by atoms with Crippen LogP contribution in [-0.2, 0) is 10.0 Å². The van der Waals surface area contributed by atoms with Gasteiger partial charge in [0.25, 0.3) is 0 Å². The molecular weight excluding hydrogens is 324 g/mol. The van der Waals surface area contributed by atoms with Crippen LogP contribution in [-0.4, -0.2) is 56.7 Å². The lowest BCUT2D eigenvalue weighted by Crippen LogP contribution is -2.72. The van der Waals surface area contributed by atoms with Gasteiger partial charge in [-0.25, -0.2) is 13.1 Å². The Hall–Kier alpha value is -0.820. The number of likely N-dealkylation sites (tertiary alicyclic amines) is 1. The Morgan fingerprint density at radius 1 is 1.25 bits per heavy atom. The molecule has 0 aromatic carbocycles. The van der Waals surface area contributed by atoms with E-state index in [0.29, 0.717) is 12.5 Å². The molecule has 0 amide bonds. The van der Waals surface area contributed by atoms with Crippen molar-refractivity contribution in [2.45, 2.75) is 59.4 Å². The third-order valence-corrected chi connectivity index (χ3v) is 7.24. The SMILES string of the molecule is CCNC(=NCCS(=O)(=O)NCC1CCC1)N1CC(C)(C)C1(C)C. The maximum absolute atomic E-state index is 12.1. The summed E-state index contributed by atoms with van der Waals surface area (Å²) in [6.07, 6.45) is 3.51. The van der Waals surface area contributed by atoms with Gasteiger partial charge in [0, 0.05) is 30.6 Å². The highest BCUT2D eigenvalue weighted by atomic mass is 32.2. The van der Waals surface area contributed by atoms with E-state index in [1.165, 1.54) is 6.42 Å². The van der Waals surface area contributed by atoms with Crippen molar-refractivity contribution in [1.29, 1.82) is 0 Å². The zero-order valence-corrected chi connectivity index (χ0v) is 16.7. The molecule has 2 rings (SSSR count). The Morgan fingerprint density at radius 2 is 1.92 bits per heavy atom. The molecule has 6 nitrogen and oxygen atoms in total. The summed E-state index contributed by atoms with van der Waals surface area (Å²) < 4.78 is 26.9. The van der Waals surface area contributed by atoms with Crippen LogP contribution < -0.4 is 10.0 Å². The van der Waals surface area contributed by atoms with Crippen molar-refractivity contribution in [1.82, 2.24) is 14.9 Å². The molecule has 0 radical (unpaired) electrons. The maximum atomic E-state index is 12.1. The molecule has 0 aromatic rings. The van der Waals surface area contributed by atoms with Gasteiger partial charge in [-0.2, -0.15) is 0 Å². The topological polar surface area (TPSA) is 73.8 Å². The van der Waals surface area contributed by atoms with Crippen LogP contribution in [0.25, 0.3) is 0 Å². The highest BCUT2D eigenvalue weighted by molar-refractivity contribution is 7.89. The van der Waals surface area contributed by atoms with E-state index in [2.05, 4.69) is 47.6 Å². The van der Waals surface area contributed by atoms with Crippen LogP contribution in [0.1, 0.15) is 53.9 Å². The lowest BCUT2D eigenvalue weighted by Gasteiger charge is -2.62. The molecule has 0 unspecified atom stereocenters. The zero-order chi connectivity index (χ0) is 18.0. The summed E-state index contributed by atoms with van der Waals surface area (Å²) in [5.74, 6) is 1.40. The maximum Gasteiger partial charge on any atom is 0.213 e. The average molecular weight is 359 g/mol. The van der Waals surface area contributed by atoms with Crippen molar-refractivity contribution < 1.29 is 8.42 Å². The van der Waals surface area contributed by atoms with Crippen molar-refractivity contribution in [2.24, 2.45) is 16.3 Å². The Kier molecular flexibility index (Phi) is 5.85. The molecule has 0 bridgehead atoms. The Labute approximate surface area is 147 Å². The van der Waals surface area contributed by atoms with Gasteiger partial charge in [0.1, 0.15) is 0 Å². The number of hydrogen-bond donors (Lipinski definition) is 2. The summed E-state index contributed by atoms with van der Waals surface area (Å²) in [6.45, 7) is 13.5. The Morgan fingerprint density at radius 3 is 2.38 bits per heavy atom. The third-order valence-electron chi connectivity index (χ3n) is 5.91. The minimum Gasteiger partial charge on any atom is -0.356 e. The van der Waals surface area contributed by atoms with Gasteiger partial charge < -0.3 is 10.2 Å². The summed E-state index contributed by atoms with van der Waals surface area (Å²) in [6, 6.07) is 0. The molecule has 0 aromatic heterocycles. The van der Waals surface area contributed by atoms with E-state index in [4.69, 9.17) is 0 Å². The normalized spacial score (nSPS) is 23.5. The lowest BCUT2D eigenvalue weighted by molar-refractivity contribution is -0.0667. The van der Waals surface area contributed by atoms with E-state index in [9.17, 15) is 8.42 Å². The minimum atomic E-state index is -3.23. The van der Waals surface area contributed by atoms with Crippen LogP contribution in [0.3, 0.4) is 0 Å². The molecule has 7 heteroatoms. The highest BCUT2D eigenvalue weighted by Crippen LogP contribution is 2.46. The van der Waals surface area contributed by atoms with Crippen molar-refractivity contribution in [3.8, 4) is 0 Å². The predicted octanol–water partition coefficient (Wildman–Crippen LogP) is 1.79. The molecular formula is C17H34N4O2S. The third kappa shape index (κ3) is 4.23. The van der Waals surface area contributed by atoms with E-state index in [1.807, 2.05) is 6.92 Å². The van der Waals surface area contributed by atoms with E-state index < -0.39 is 10.0 Å². The molecule has 1 saturated heterocycles. The Balaban J connectivity index is 1.89. The van der Waals surface area contributed by atoms with Crippen LogP contribution >= 0.6 is 0 Å². The molecule has 2 N–H and O–H groups in total. The predicted molar refractivity (Wildman–Crippen MR) is 99.7 cm³/mol. The molecule has 1 saturated carbocycles. The standard InChI is InChI=1S/C17H34N4O2S/c1-6-18-15(21-13-16(2,3)17(21,4)5)19-10-11-24(22,23)20-12-14-8-7-9-14/h14,20H,6-13H2,1-5H3,(H,18,19). The van der Waals surface area contributed by atoms with E-state index in [0.717, 1.165) is 31.9 Å². The summed E-state index contributed by atoms with van der Waals surface area (Å²) in [7, 11) is -3.23. The summed E-state index contributed by atoms with van der Waals surface area (Å²) >= 11 is 0. The smallest absolute Gasteiger partial charge is 0.213 e. The summed E-state index contributed by atoms with van der Waals surface area (Å²) in [4.78, 5) is 6.80. The summed E-state index contributed by atoms with van der Waals surface area (Å²) in [5, 5.41) is 3.29. The van der Waals surface area contributed by atoms with Gasteiger partial charge in [-0.15, -0.1) is 0 Å². The van der Waals surface area contributed by atoms with Crippen molar-refractivity contribution in [3.63, 3.8) is 0 Å². The molecule has 0 atom stereocenters. The van der Waals surface area contributed by atoms with Gasteiger partial charge >= 0.3 is 0 Å². The molecule has 1 aliphatic carbocycles. The molecule has 2 aliphatic rings. The highest BCUT2D eigenvalue weighted by Gasteiger charge is 2.53. The minimum absolute atomic E-state index is 0.00928. The molecule has 1 aliphatic heterocycles. The van der Waals surface area contributed by atoms with Crippen molar-refractivity contribution in [3.05, 3.63) is 0 Å². The second-order valence-corrected chi connectivity index (χ2v) is 10.2. The molecule has 140 valence electrons. The lowest BCUT2D eigenvalue weighted by atomic mass is 9.65. The number of sulfonamides is 1. The molecule has 2 fully saturated rings. The fourth-order valence-electron chi connectivity index (χ4n) is 3.08. The first-order chi connectivity index (χ1) is 11.1. The second-order valence-electron chi connectivity index (χ2n) is 8.23. The van der Waals surface area contributed by atoms with Gasteiger partial charge in [-0.3, -0.25) is 4.99 Å². The number of nitrogens with zero attached hydrogens (tertiary/aromatic N) is 2. The molecule has 0 spiro atoms. The first kappa shape index (κ1) is 19.5. The van der Waals surface area contributed by atoms with Crippen LogP contribution in [0.4, 0.5) is 0 Å². The molecule has 1 heterocycles. The average Bonchev–Trinajstić information content (AvgIpc) is 2.42.